The molecule has 0 fully saturated rings. The zero-order valence-electron chi connectivity index (χ0n) is 16.2. The first kappa shape index (κ1) is 19.4. The van der Waals surface area contributed by atoms with Gasteiger partial charge in [0.1, 0.15) is 18.0 Å². The van der Waals surface area contributed by atoms with Gasteiger partial charge < -0.3 is 18.8 Å². The van der Waals surface area contributed by atoms with Gasteiger partial charge in [-0.15, -0.1) is 0 Å². The van der Waals surface area contributed by atoms with Gasteiger partial charge in [0, 0.05) is 26.0 Å². The van der Waals surface area contributed by atoms with E-state index in [1.54, 1.807) is 25.2 Å². The number of esters is 1. The Bertz CT molecular complexity index is 996. The highest BCUT2D eigenvalue weighted by atomic mass is 16.5. The predicted molar refractivity (Wildman–Crippen MR) is 104 cm³/mol. The maximum Gasteiger partial charge on any atom is 0.307 e. The molecule has 7 nitrogen and oxygen atoms in total. The van der Waals surface area contributed by atoms with Gasteiger partial charge in [-0.2, -0.15) is 0 Å². The van der Waals surface area contributed by atoms with E-state index in [4.69, 9.17) is 4.74 Å². The molecule has 146 valence electrons. The molecular formula is C21H23N3O4. The number of aryl methyl sites for hydroxylation is 1. The van der Waals surface area contributed by atoms with Crippen LogP contribution in [0.25, 0.3) is 5.65 Å². The lowest BCUT2D eigenvalue weighted by Crippen LogP contribution is -2.29. The number of ether oxygens (including phenoxy) is 2. The number of pyridine rings is 1. The summed E-state index contributed by atoms with van der Waals surface area (Å²) >= 11 is 0. The highest BCUT2D eigenvalue weighted by Gasteiger charge is 2.18. The highest BCUT2D eigenvalue weighted by Crippen LogP contribution is 2.21. The van der Waals surface area contributed by atoms with E-state index in [1.807, 2.05) is 41.9 Å². The summed E-state index contributed by atoms with van der Waals surface area (Å²) in [6, 6.07) is 11.0. The number of imidazole rings is 1. The molecule has 0 N–H and O–H groups in total. The number of fused-ring (bicyclic) bond motifs is 1. The minimum atomic E-state index is -0.355. The number of hydrogen-bond donors (Lipinski definition) is 0. The molecule has 0 saturated carbocycles. The minimum Gasteiger partial charge on any atom is -0.486 e. The van der Waals surface area contributed by atoms with Crippen molar-refractivity contribution in [1.82, 2.24) is 14.3 Å². The summed E-state index contributed by atoms with van der Waals surface area (Å²) in [6.45, 7) is 2.52. The molecule has 28 heavy (non-hydrogen) atoms. The number of hydrogen-bond acceptors (Lipinski definition) is 5. The van der Waals surface area contributed by atoms with Crippen molar-refractivity contribution in [2.24, 2.45) is 0 Å². The minimum absolute atomic E-state index is 0.141. The molecule has 0 aliphatic rings. The lowest BCUT2D eigenvalue weighted by atomic mass is 10.1. The Labute approximate surface area is 163 Å². The second-order valence-corrected chi connectivity index (χ2v) is 6.49. The molecule has 3 aromatic rings. The van der Waals surface area contributed by atoms with Crippen LogP contribution >= 0.6 is 0 Å². The summed E-state index contributed by atoms with van der Waals surface area (Å²) in [5, 5.41) is 0. The molecule has 0 unspecified atom stereocenters. The van der Waals surface area contributed by atoms with Crippen LogP contribution in [0.15, 0.2) is 48.8 Å². The highest BCUT2D eigenvalue weighted by molar-refractivity contribution is 5.96. The van der Waals surface area contributed by atoms with Crippen LogP contribution in [0.1, 0.15) is 28.0 Å². The molecule has 1 aromatic carbocycles. The van der Waals surface area contributed by atoms with Crippen LogP contribution in [-0.2, 0) is 16.1 Å². The van der Waals surface area contributed by atoms with Crippen LogP contribution in [0, 0.1) is 6.92 Å². The smallest absolute Gasteiger partial charge is 0.307 e. The molecule has 1 amide bonds. The molecule has 0 aliphatic heterocycles. The van der Waals surface area contributed by atoms with Crippen molar-refractivity contribution in [1.29, 1.82) is 0 Å². The fourth-order valence-electron chi connectivity index (χ4n) is 2.86. The first-order chi connectivity index (χ1) is 13.5. The Balaban J connectivity index is 1.71. The molecule has 0 atom stereocenters. The lowest BCUT2D eigenvalue weighted by molar-refractivity contribution is -0.140. The Morgan fingerprint density at radius 1 is 1.18 bits per heavy atom. The maximum atomic E-state index is 12.7. The van der Waals surface area contributed by atoms with Crippen LogP contribution < -0.4 is 4.74 Å². The molecule has 0 aliphatic carbocycles. The molecule has 7 heteroatoms. The van der Waals surface area contributed by atoms with Crippen LogP contribution in [0.2, 0.25) is 0 Å². The van der Waals surface area contributed by atoms with Gasteiger partial charge in [0.25, 0.3) is 5.91 Å². The molecule has 0 saturated heterocycles. The van der Waals surface area contributed by atoms with Gasteiger partial charge in [-0.05, 0) is 30.7 Å². The molecule has 0 spiro atoms. The van der Waals surface area contributed by atoms with Crippen molar-refractivity contribution in [3.8, 4) is 5.75 Å². The zero-order valence-corrected chi connectivity index (χ0v) is 16.2. The topological polar surface area (TPSA) is 73.1 Å². The Kier molecular flexibility index (Phi) is 5.93. The third kappa shape index (κ3) is 4.31. The van der Waals surface area contributed by atoms with E-state index < -0.39 is 0 Å². The van der Waals surface area contributed by atoms with Crippen LogP contribution in [0.5, 0.6) is 5.75 Å². The monoisotopic (exact) mass is 381 g/mol. The Hall–Kier alpha value is -3.35. The normalized spacial score (nSPS) is 10.7. The predicted octanol–water partition coefficient (Wildman–Crippen LogP) is 2.86. The fraction of sp³-hybridized carbons (Fsp3) is 0.286. The third-order valence-electron chi connectivity index (χ3n) is 4.45. The van der Waals surface area contributed by atoms with E-state index in [1.165, 1.54) is 12.0 Å². The van der Waals surface area contributed by atoms with Crippen molar-refractivity contribution < 1.29 is 19.1 Å². The van der Waals surface area contributed by atoms with Crippen LogP contribution in [0.3, 0.4) is 0 Å². The van der Waals surface area contributed by atoms with Gasteiger partial charge in [-0.1, -0.05) is 18.2 Å². The Morgan fingerprint density at radius 3 is 2.71 bits per heavy atom. The number of nitrogens with zero attached hydrogens (tertiary/aromatic N) is 3. The summed E-state index contributed by atoms with van der Waals surface area (Å²) in [5.74, 6) is -0.0946. The fourth-order valence-corrected chi connectivity index (χ4v) is 2.86. The van der Waals surface area contributed by atoms with Gasteiger partial charge in [-0.25, -0.2) is 4.98 Å². The molecule has 3 rings (SSSR count). The number of carbonyl (C=O) groups is 2. The van der Waals surface area contributed by atoms with E-state index in [-0.39, 0.29) is 31.4 Å². The van der Waals surface area contributed by atoms with Gasteiger partial charge in [0.05, 0.1) is 24.8 Å². The van der Waals surface area contributed by atoms with Crippen LogP contribution in [0.4, 0.5) is 0 Å². The average molecular weight is 381 g/mol. The molecule has 0 radical (unpaired) electrons. The number of aromatic nitrogens is 2. The number of rotatable bonds is 7. The number of para-hydroxylation sites is 1. The van der Waals surface area contributed by atoms with Gasteiger partial charge in [-0.3, -0.25) is 9.59 Å². The number of carbonyl (C=O) groups excluding carboxylic acids is 2. The van der Waals surface area contributed by atoms with E-state index in [0.29, 0.717) is 11.3 Å². The molecule has 0 bridgehead atoms. The Morgan fingerprint density at radius 2 is 1.96 bits per heavy atom. The number of methoxy groups -OCH3 is 1. The van der Waals surface area contributed by atoms with Gasteiger partial charge in [0.15, 0.2) is 0 Å². The SMILES string of the molecule is COC(=O)CCN(C)C(=O)c1ccccc1OCc1cn2cccc(C)c2n1. The van der Waals surface area contributed by atoms with E-state index in [9.17, 15) is 9.59 Å². The van der Waals surface area contributed by atoms with Gasteiger partial charge >= 0.3 is 5.97 Å². The summed E-state index contributed by atoms with van der Waals surface area (Å²) < 4.78 is 12.5. The van der Waals surface area contributed by atoms with Crippen molar-refractivity contribution in [3.63, 3.8) is 0 Å². The quantitative estimate of drug-likeness (QED) is 0.589. The van der Waals surface area contributed by atoms with Crippen molar-refractivity contribution >= 4 is 17.5 Å². The average Bonchev–Trinajstić information content (AvgIpc) is 3.14. The second-order valence-electron chi connectivity index (χ2n) is 6.49. The summed E-state index contributed by atoms with van der Waals surface area (Å²) in [5.41, 5.74) is 3.18. The van der Waals surface area contributed by atoms with Crippen molar-refractivity contribution in [3.05, 3.63) is 65.6 Å². The van der Waals surface area contributed by atoms with Crippen molar-refractivity contribution in [2.75, 3.05) is 20.7 Å². The van der Waals surface area contributed by atoms with Gasteiger partial charge in [0.2, 0.25) is 0 Å². The summed E-state index contributed by atoms with van der Waals surface area (Å²) in [7, 11) is 2.97. The molecule has 2 heterocycles. The van der Waals surface area contributed by atoms with Crippen LogP contribution in [-0.4, -0.2) is 46.9 Å². The lowest BCUT2D eigenvalue weighted by Gasteiger charge is -2.18. The number of benzene rings is 1. The second kappa shape index (κ2) is 8.56. The molecular weight excluding hydrogens is 358 g/mol. The third-order valence-corrected chi connectivity index (χ3v) is 4.45. The van der Waals surface area contributed by atoms with E-state index >= 15 is 0 Å². The van der Waals surface area contributed by atoms with E-state index in [2.05, 4.69) is 9.72 Å². The zero-order chi connectivity index (χ0) is 20.1. The summed E-state index contributed by atoms with van der Waals surface area (Å²) in [4.78, 5) is 30.1. The largest absolute Gasteiger partial charge is 0.486 e. The van der Waals surface area contributed by atoms with Crippen molar-refractivity contribution in [2.45, 2.75) is 20.0 Å². The first-order valence-electron chi connectivity index (χ1n) is 8.97. The van der Waals surface area contributed by atoms with E-state index in [0.717, 1.165) is 16.9 Å². The summed E-state index contributed by atoms with van der Waals surface area (Å²) in [6.07, 6.45) is 3.99. The molecule has 2 aromatic heterocycles. The standard InChI is InChI=1S/C21H23N3O4/c1-15-7-6-11-24-13-16(22-20(15)24)14-28-18-9-5-4-8-17(18)21(26)23(2)12-10-19(25)27-3/h4-9,11,13H,10,12,14H2,1-3H3. The first-order valence-corrected chi connectivity index (χ1v) is 8.97. The number of amides is 1. The maximum absolute atomic E-state index is 12.7.